The monoisotopic (exact) mass is 396 g/mol. The van der Waals surface area contributed by atoms with E-state index in [0.29, 0.717) is 10.8 Å². The number of hydrogen-bond donors (Lipinski definition) is 0. The molecule has 0 aromatic rings. The van der Waals surface area contributed by atoms with Crippen molar-refractivity contribution >= 4 is 35.0 Å². The average Bonchev–Trinajstić information content (AvgIpc) is 3.11. The highest BCUT2D eigenvalue weighted by atomic mass is 35.5. The summed E-state index contributed by atoms with van der Waals surface area (Å²) in [6.07, 6.45) is 17.4. The van der Waals surface area contributed by atoms with Gasteiger partial charge < -0.3 is 0 Å². The number of halogens is 2. The number of hydrogen-bond acceptors (Lipinski definition) is 1. The highest BCUT2D eigenvalue weighted by molar-refractivity contribution is 8.12. The van der Waals surface area contributed by atoms with Gasteiger partial charge in [-0.3, -0.25) is 0 Å². The van der Waals surface area contributed by atoms with Crippen molar-refractivity contribution in [3.63, 3.8) is 0 Å². The van der Waals surface area contributed by atoms with Crippen LogP contribution in [0.4, 0.5) is 0 Å². The van der Waals surface area contributed by atoms with E-state index in [9.17, 15) is 0 Å². The van der Waals surface area contributed by atoms with Gasteiger partial charge in [-0.1, -0.05) is 0 Å². The molecular weight excluding hydrogens is 367 g/mol. The summed E-state index contributed by atoms with van der Waals surface area (Å²) >= 11 is 17.3. The number of alkyl halides is 2. The molecule has 3 heteroatoms. The zero-order chi connectivity index (χ0) is 16.7. The molecule has 0 aromatic heterocycles. The second kappa shape index (κ2) is 4.56. The van der Waals surface area contributed by atoms with Crippen LogP contribution in [-0.2, 0) is 0 Å². The minimum atomic E-state index is -0.136. The Morgan fingerprint density at radius 3 is 0.960 bits per heavy atom. The minimum Gasteiger partial charge on any atom is -0.109 e. The molecule has 0 unspecified atom stereocenters. The SMILES string of the molecule is Cl[C@]1(C23CC4CC(CC(C4)C2)C3)S[C@]1(Cl)C12CC3CC(CC(C3)C1)C2. The van der Waals surface area contributed by atoms with Crippen molar-refractivity contribution in [1.29, 1.82) is 0 Å². The second-order valence-electron chi connectivity index (χ2n) is 11.7. The molecule has 1 aliphatic heterocycles. The summed E-state index contributed by atoms with van der Waals surface area (Å²) < 4.78 is -0.271. The standard InChI is InChI=1S/C22H30Cl2S/c23-21(19-7-13-1-14(8-19)3-15(2-13)9-19)22(24,25-21)20-10-16-4-17(11-20)6-18(5-16)12-20/h13-18H,1-12H2/t13?,14?,15?,16?,17?,18?,19?,20?,21-,22-/m1/s1. The van der Waals surface area contributed by atoms with E-state index < -0.39 is 0 Å². The Balaban J connectivity index is 1.27. The van der Waals surface area contributed by atoms with E-state index in [1.807, 2.05) is 11.8 Å². The van der Waals surface area contributed by atoms with Gasteiger partial charge in [0, 0.05) is 10.8 Å². The molecule has 9 aliphatic rings. The van der Waals surface area contributed by atoms with Crippen LogP contribution in [0.1, 0.15) is 77.0 Å². The summed E-state index contributed by atoms with van der Waals surface area (Å²) in [5, 5.41) is 0. The molecule has 1 heterocycles. The molecule has 9 fully saturated rings. The summed E-state index contributed by atoms with van der Waals surface area (Å²) in [5.74, 6) is 5.84. The Labute approximate surface area is 166 Å². The topological polar surface area (TPSA) is 0 Å². The first-order valence-corrected chi connectivity index (χ1v) is 12.6. The lowest BCUT2D eigenvalue weighted by atomic mass is 9.45. The van der Waals surface area contributed by atoms with Crippen LogP contribution in [0.15, 0.2) is 0 Å². The summed E-state index contributed by atoms with van der Waals surface area (Å²) in [7, 11) is 0. The lowest BCUT2D eigenvalue weighted by Gasteiger charge is -2.62. The average molecular weight is 397 g/mol. The van der Waals surface area contributed by atoms with Gasteiger partial charge in [0.15, 0.2) is 0 Å². The number of rotatable bonds is 2. The molecule has 0 spiro atoms. The minimum absolute atomic E-state index is 0.136. The van der Waals surface area contributed by atoms with Crippen molar-refractivity contribution < 1.29 is 0 Å². The van der Waals surface area contributed by atoms with Crippen LogP contribution >= 0.6 is 35.0 Å². The van der Waals surface area contributed by atoms with Gasteiger partial charge in [0.2, 0.25) is 0 Å². The van der Waals surface area contributed by atoms with E-state index in [4.69, 9.17) is 23.2 Å². The van der Waals surface area contributed by atoms with Crippen molar-refractivity contribution in [1.82, 2.24) is 0 Å². The third kappa shape index (κ3) is 1.78. The maximum Gasteiger partial charge on any atom is 0.126 e. The predicted octanol–water partition coefficient (Wildman–Crippen LogP) is 7.04. The Morgan fingerprint density at radius 1 is 0.480 bits per heavy atom. The van der Waals surface area contributed by atoms with E-state index in [1.54, 1.807) is 0 Å². The smallest absolute Gasteiger partial charge is 0.109 e. The van der Waals surface area contributed by atoms with Gasteiger partial charge in [-0.25, -0.2) is 0 Å². The highest BCUT2D eigenvalue weighted by Crippen LogP contribution is 2.89. The van der Waals surface area contributed by atoms with Crippen LogP contribution < -0.4 is 0 Å². The van der Waals surface area contributed by atoms with Gasteiger partial charge >= 0.3 is 0 Å². The molecular formula is C22H30Cl2S. The Kier molecular flexibility index (Phi) is 2.89. The Bertz CT molecular complexity index is 519. The molecule has 8 bridgehead atoms. The van der Waals surface area contributed by atoms with E-state index in [1.165, 1.54) is 77.0 Å². The zero-order valence-corrected chi connectivity index (χ0v) is 17.4. The maximum absolute atomic E-state index is 7.64. The molecule has 9 rings (SSSR count). The summed E-state index contributed by atoms with van der Waals surface area (Å²) in [6, 6.07) is 0. The first-order chi connectivity index (χ1) is 11.9. The Hall–Kier alpha value is 0.930. The van der Waals surface area contributed by atoms with Crippen molar-refractivity contribution in [3.8, 4) is 0 Å². The van der Waals surface area contributed by atoms with E-state index in [-0.39, 0.29) is 8.41 Å². The normalized spacial score (nSPS) is 69.4. The maximum atomic E-state index is 7.64. The fourth-order valence-electron chi connectivity index (χ4n) is 10.1. The van der Waals surface area contributed by atoms with Gasteiger partial charge in [-0.2, -0.15) is 0 Å². The van der Waals surface area contributed by atoms with Crippen molar-refractivity contribution in [2.24, 2.45) is 46.3 Å². The molecule has 8 saturated carbocycles. The molecule has 8 aliphatic carbocycles. The summed E-state index contributed by atoms with van der Waals surface area (Å²) in [5.41, 5.74) is 0.748. The molecule has 138 valence electrons. The lowest BCUT2D eigenvalue weighted by molar-refractivity contribution is -0.0861. The first-order valence-electron chi connectivity index (χ1n) is 11.0. The van der Waals surface area contributed by atoms with Crippen LogP contribution in [-0.4, -0.2) is 8.41 Å². The molecule has 0 aromatic carbocycles. The largest absolute Gasteiger partial charge is 0.126 e. The van der Waals surface area contributed by atoms with Gasteiger partial charge in [0.25, 0.3) is 0 Å². The molecule has 1 saturated heterocycles. The fraction of sp³-hybridized carbons (Fsp3) is 1.00. The van der Waals surface area contributed by atoms with Gasteiger partial charge in [0.05, 0.1) is 0 Å². The molecule has 0 radical (unpaired) electrons. The van der Waals surface area contributed by atoms with Crippen LogP contribution in [0.2, 0.25) is 0 Å². The van der Waals surface area contributed by atoms with Gasteiger partial charge in [-0.05, 0) is 113 Å². The van der Waals surface area contributed by atoms with E-state index >= 15 is 0 Å². The van der Waals surface area contributed by atoms with Gasteiger partial charge in [-0.15, -0.1) is 35.0 Å². The molecule has 2 atom stereocenters. The third-order valence-corrected chi connectivity index (χ3v) is 14.1. The fourth-order valence-corrected chi connectivity index (χ4v) is 13.5. The van der Waals surface area contributed by atoms with Crippen molar-refractivity contribution in [3.05, 3.63) is 0 Å². The quantitative estimate of drug-likeness (QED) is 0.356. The molecule has 25 heavy (non-hydrogen) atoms. The van der Waals surface area contributed by atoms with Crippen LogP contribution in [0.3, 0.4) is 0 Å². The van der Waals surface area contributed by atoms with Crippen molar-refractivity contribution in [2.45, 2.75) is 85.5 Å². The van der Waals surface area contributed by atoms with Crippen LogP contribution in [0.25, 0.3) is 0 Å². The zero-order valence-electron chi connectivity index (χ0n) is 15.1. The highest BCUT2D eigenvalue weighted by Gasteiger charge is 2.84. The Morgan fingerprint density at radius 2 is 0.720 bits per heavy atom. The summed E-state index contributed by atoms with van der Waals surface area (Å²) in [6.45, 7) is 0. The molecule has 0 amide bonds. The second-order valence-corrected chi connectivity index (χ2v) is 14.7. The molecule has 0 nitrogen and oxygen atoms in total. The number of thioether (sulfide) groups is 1. The third-order valence-electron chi connectivity index (χ3n) is 10.1. The van der Waals surface area contributed by atoms with E-state index in [0.717, 1.165) is 35.5 Å². The first kappa shape index (κ1) is 15.8. The van der Waals surface area contributed by atoms with Crippen molar-refractivity contribution in [2.75, 3.05) is 0 Å². The van der Waals surface area contributed by atoms with E-state index in [2.05, 4.69) is 0 Å². The lowest BCUT2D eigenvalue weighted by Crippen LogP contribution is -2.58. The molecule has 0 N–H and O–H groups in total. The summed E-state index contributed by atoms with van der Waals surface area (Å²) in [4.78, 5) is 0. The van der Waals surface area contributed by atoms with Crippen LogP contribution in [0, 0.1) is 46.3 Å². The van der Waals surface area contributed by atoms with Gasteiger partial charge in [0.1, 0.15) is 8.41 Å². The predicted molar refractivity (Wildman–Crippen MR) is 106 cm³/mol. The van der Waals surface area contributed by atoms with Crippen LogP contribution in [0.5, 0.6) is 0 Å².